The molecule has 0 aliphatic carbocycles. The van der Waals surface area contributed by atoms with Crippen molar-refractivity contribution in [3.8, 4) is 22.3 Å². The van der Waals surface area contributed by atoms with Crippen LogP contribution in [0.25, 0.3) is 22.3 Å². The monoisotopic (exact) mass is 384 g/mol. The van der Waals surface area contributed by atoms with Crippen LogP contribution in [-0.2, 0) is 6.54 Å². The van der Waals surface area contributed by atoms with Gasteiger partial charge < -0.3 is 11.1 Å². The van der Waals surface area contributed by atoms with E-state index in [0.29, 0.717) is 34.0 Å². The van der Waals surface area contributed by atoms with E-state index in [4.69, 9.17) is 22.7 Å². The lowest BCUT2D eigenvalue weighted by atomic mass is 9.99. The van der Waals surface area contributed by atoms with Crippen molar-refractivity contribution in [1.29, 1.82) is 5.41 Å². The molecular weight excluding hydrogens is 367 g/mol. The third-order valence-electron chi connectivity index (χ3n) is 4.46. The summed E-state index contributed by atoms with van der Waals surface area (Å²) in [6.07, 6.45) is 1.11. The zero-order valence-electron chi connectivity index (χ0n) is 14.9. The Morgan fingerprint density at radius 1 is 1.22 bits per heavy atom. The lowest BCUT2D eigenvalue weighted by molar-refractivity contribution is 0.580. The third-order valence-corrected chi connectivity index (χ3v) is 4.77. The fourth-order valence-corrected chi connectivity index (χ4v) is 3.34. The summed E-state index contributed by atoms with van der Waals surface area (Å²) in [6, 6.07) is 9.77. The van der Waals surface area contributed by atoms with Gasteiger partial charge in [0.05, 0.1) is 0 Å². The van der Waals surface area contributed by atoms with Crippen molar-refractivity contribution in [3.63, 3.8) is 0 Å². The van der Waals surface area contributed by atoms with Crippen LogP contribution in [0.15, 0.2) is 41.2 Å². The molecule has 3 rings (SSSR count). The molecule has 5 nitrogen and oxygen atoms in total. The number of rotatable bonds is 4. The lowest BCUT2D eigenvalue weighted by Gasteiger charge is -2.14. The van der Waals surface area contributed by atoms with Crippen LogP contribution in [0.5, 0.6) is 0 Å². The Balaban J connectivity index is 2.17. The number of hydrogen-bond acceptors (Lipinski definition) is 4. The summed E-state index contributed by atoms with van der Waals surface area (Å²) >= 11 is 6.47. The topological polar surface area (TPSA) is 84.8 Å². The summed E-state index contributed by atoms with van der Waals surface area (Å²) in [6.45, 7) is 3.91. The highest BCUT2D eigenvalue weighted by atomic mass is 35.5. The first kappa shape index (κ1) is 18.8. The molecule has 27 heavy (non-hydrogen) atoms. The van der Waals surface area contributed by atoms with Crippen molar-refractivity contribution < 1.29 is 4.39 Å². The molecule has 2 heterocycles. The van der Waals surface area contributed by atoms with Crippen LogP contribution in [-0.4, -0.2) is 15.8 Å². The Morgan fingerprint density at radius 3 is 2.52 bits per heavy atom. The molecule has 0 fully saturated rings. The van der Waals surface area contributed by atoms with Crippen LogP contribution >= 0.6 is 11.6 Å². The highest BCUT2D eigenvalue weighted by Crippen LogP contribution is 2.32. The molecule has 0 atom stereocenters. The minimum Gasteiger partial charge on any atom is -0.384 e. The molecule has 0 bridgehead atoms. The highest BCUT2D eigenvalue weighted by molar-refractivity contribution is 6.33. The summed E-state index contributed by atoms with van der Waals surface area (Å²) in [5.41, 5.74) is 9.13. The second-order valence-corrected chi connectivity index (χ2v) is 6.46. The number of pyridine rings is 2. The number of nitrogens with two attached hydrogens (primary N) is 1. The number of nitrogens with zero attached hydrogens (tertiary/aromatic N) is 2. The average molecular weight is 385 g/mol. The smallest absolute Gasteiger partial charge is 0.260 e. The number of aryl methyl sites for hydroxylation is 1. The maximum absolute atomic E-state index is 13.2. The molecule has 3 N–H and O–H groups in total. The molecule has 1 aromatic carbocycles. The van der Waals surface area contributed by atoms with Crippen LogP contribution in [0.3, 0.4) is 0 Å². The van der Waals surface area contributed by atoms with Gasteiger partial charge in [-0.1, -0.05) is 23.7 Å². The highest BCUT2D eigenvalue weighted by Gasteiger charge is 2.15. The summed E-state index contributed by atoms with van der Waals surface area (Å²) in [4.78, 5) is 16.6. The fraction of sp³-hybridized carbons (Fsp3) is 0.150. The Labute approximate surface area is 160 Å². The molecule has 0 saturated heterocycles. The predicted octanol–water partition coefficient (Wildman–Crippen LogP) is 4.28. The number of hydrogen-bond donors (Lipinski definition) is 2. The number of anilines is 1. The molecule has 0 amide bonds. The molecule has 7 heteroatoms. The largest absolute Gasteiger partial charge is 0.384 e. The fourth-order valence-electron chi connectivity index (χ4n) is 3.06. The van der Waals surface area contributed by atoms with Crippen molar-refractivity contribution in [3.05, 3.63) is 69.0 Å². The molecule has 0 spiro atoms. The van der Waals surface area contributed by atoms with Crippen molar-refractivity contribution in [2.24, 2.45) is 0 Å². The van der Waals surface area contributed by atoms with Crippen molar-refractivity contribution in [2.45, 2.75) is 20.4 Å². The van der Waals surface area contributed by atoms with Gasteiger partial charge in [-0.3, -0.25) is 9.36 Å². The van der Waals surface area contributed by atoms with Gasteiger partial charge in [-0.15, -0.1) is 0 Å². The van der Waals surface area contributed by atoms with E-state index in [-0.39, 0.29) is 11.4 Å². The summed E-state index contributed by atoms with van der Waals surface area (Å²) in [7, 11) is 0. The summed E-state index contributed by atoms with van der Waals surface area (Å²) in [5, 5.41) is 7.91. The van der Waals surface area contributed by atoms with E-state index in [1.165, 1.54) is 10.6 Å². The van der Waals surface area contributed by atoms with E-state index < -0.39 is 5.95 Å². The number of halogens is 2. The molecule has 0 aliphatic rings. The van der Waals surface area contributed by atoms with Crippen LogP contribution in [0.2, 0.25) is 5.02 Å². The van der Waals surface area contributed by atoms with Gasteiger partial charge in [0.2, 0.25) is 5.95 Å². The maximum atomic E-state index is 13.2. The van der Waals surface area contributed by atoms with Gasteiger partial charge in [-0.2, -0.15) is 4.39 Å². The molecule has 0 aliphatic heterocycles. The molecule has 0 unspecified atom stereocenters. The zero-order chi connectivity index (χ0) is 19.7. The maximum Gasteiger partial charge on any atom is 0.260 e. The zero-order valence-corrected chi connectivity index (χ0v) is 15.6. The van der Waals surface area contributed by atoms with Gasteiger partial charge in [0.15, 0.2) is 0 Å². The summed E-state index contributed by atoms with van der Waals surface area (Å²) in [5.74, 6) is -0.290. The van der Waals surface area contributed by atoms with E-state index in [1.54, 1.807) is 37.3 Å². The number of nitrogens with one attached hydrogen (secondary N) is 1. The van der Waals surface area contributed by atoms with Gasteiger partial charge >= 0.3 is 0 Å². The Hall–Kier alpha value is -2.99. The van der Waals surface area contributed by atoms with E-state index in [0.717, 1.165) is 17.3 Å². The second-order valence-electron chi connectivity index (χ2n) is 6.05. The van der Waals surface area contributed by atoms with Crippen LogP contribution in [0, 0.1) is 18.3 Å². The average Bonchev–Trinajstić information content (AvgIpc) is 2.63. The predicted molar refractivity (Wildman–Crippen MR) is 107 cm³/mol. The van der Waals surface area contributed by atoms with Gasteiger partial charge in [0.25, 0.3) is 5.56 Å². The van der Waals surface area contributed by atoms with Gasteiger partial charge in [-0.05, 0) is 43.7 Å². The molecule has 0 radical (unpaired) electrons. The Kier molecular flexibility index (Phi) is 5.10. The molecule has 0 saturated carbocycles. The minimum atomic E-state index is -0.542. The van der Waals surface area contributed by atoms with Crippen LogP contribution < -0.4 is 11.3 Å². The van der Waals surface area contributed by atoms with Crippen LogP contribution in [0.1, 0.15) is 18.2 Å². The number of nitrogen functional groups attached to an aromatic ring is 1. The van der Waals surface area contributed by atoms with E-state index in [1.807, 2.05) is 6.92 Å². The van der Waals surface area contributed by atoms with Gasteiger partial charge in [0.1, 0.15) is 5.82 Å². The second kappa shape index (κ2) is 7.32. The number of benzene rings is 1. The summed E-state index contributed by atoms with van der Waals surface area (Å²) < 4.78 is 14.7. The lowest BCUT2D eigenvalue weighted by Crippen LogP contribution is -2.25. The normalized spacial score (nSPS) is 10.8. The first-order chi connectivity index (χ1) is 12.9. The van der Waals surface area contributed by atoms with Gasteiger partial charge in [0, 0.05) is 45.7 Å². The standard InChI is InChI=1S/C20H18ClFN4O/c1-3-26-19(24)13(10-23)8-16(20(26)27)15-5-4-12(9-17(15)21)14-6-7-18(22)25-11(14)2/h4-10,23H,3,24H2,1-2H3. The van der Waals surface area contributed by atoms with Crippen LogP contribution in [0.4, 0.5) is 10.2 Å². The van der Waals surface area contributed by atoms with E-state index in [9.17, 15) is 9.18 Å². The molecule has 3 aromatic rings. The molecule has 138 valence electrons. The third kappa shape index (κ3) is 3.36. The molecular formula is C20H18ClFN4O. The Bertz CT molecular complexity index is 1110. The Morgan fingerprint density at radius 2 is 1.93 bits per heavy atom. The minimum absolute atomic E-state index is 0.252. The van der Waals surface area contributed by atoms with E-state index >= 15 is 0 Å². The molecule has 2 aromatic heterocycles. The quantitative estimate of drug-likeness (QED) is 0.520. The number of aromatic nitrogens is 2. The SMILES string of the molecule is CCn1c(N)c(C=N)cc(-c2ccc(-c3ccc(F)nc3C)cc2Cl)c1=O. The first-order valence-electron chi connectivity index (χ1n) is 8.34. The van der Waals surface area contributed by atoms with Crippen molar-refractivity contribution in [1.82, 2.24) is 9.55 Å². The van der Waals surface area contributed by atoms with E-state index in [2.05, 4.69) is 4.98 Å². The van der Waals surface area contributed by atoms with Crippen molar-refractivity contribution in [2.75, 3.05) is 5.73 Å². The first-order valence-corrected chi connectivity index (χ1v) is 8.72. The van der Waals surface area contributed by atoms with Crippen molar-refractivity contribution >= 4 is 23.6 Å². The van der Waals surface area contributed by atoms with Gasteiger partial charge in [-0.25, -0.2) is 4.98 Å².